The molecule has 0 amide bonds. The molecule has 20 heavy (non-hydrogen) atoms. The van der Waals surface area contributed by atoms with E-state index >= 15 is 0 Å². The van der Waals surface area contributed by atoms with E-state index in [2.05, 4.69) is 25.8 Å². The Hall–Kier alpha value is -1.16. The van der Waals surface area contributed by atoms with Crippen molar-refractivity contribution in [3.05, 3.63) is 17.6 Å². The summed E-state index contributed by atoms with van der Waals surface area (Å²) in [5, 5.41) is 0. The summed E-state index contributed by atoms with van der Waals surface area (Å²) in [5.41, 5.74) is 6.92. The molecule has 0 spiro atoms. The van der Waals surface area contributed by atoms with Gasteiger partial charge in [0.2, 0.25) is 0 Å². The van der Waals surface area contributed by atoms with Gasteiger partial charge in [0.05, 0.1) is 5.69 Å². The van der Waals surface area contributed by atoms with Gasteiger partial charge in [-0.2, -0.15) is 0 Å². The zero-order chi connectivity index (χ0) is 14.8. The van der Waals surface area contributed by atoms with E-state index in [4.69, 9.17) is 15.5 Å². The molecule has 0 aromatic carbocycles. The Balaban J connectivity index is 2.31. The molecular formula is C16H27N3O. The van der Waals surface area contributed by atoms with E-state index in [0.717, 1.165) is 11.5 Å². The van der Waals surface area contributed by atoms with Crippen molar-refractivity contribution in [1.29, 1.82) is 0 Å². The summed E-state index contributed by atoms with van der Waals surface area (Å²) in [6.45, 7) is 6.42. The van der Waals surface area contributed by atoms with Crippen LogP contribution in [0.4, 0.5) is 5.82 Å². The van der Waals surface area contributed by atoms with Crippen LogP contribution in [-0.4, -0.2) is 17.1 Å². The highest BCUT2D eigenvalue weighted by Gasteiger charge is 2.28. The van der Waals surface area contributed by atoms with Crippen LogP contribution in [-0.2, 0) is 10.2 Å². The minimum Gasteiger partial charge on any atom is -0.384 e. The van der Waals surface area contributed by atoms with Gasteiger partial charge >= 0.3 is 0 Å². The molecule has 1 aliphatic carbocycles. The summed E-state index contributed by atoms with van der Waals surface area (Å²) >= 11 is 0. The first-order valence-electron chi connectivity index (χ1n) is 7.59. The molecule has 0 aliphatic heterocycles. The van der Waals surface area contributed by atoms with Crippen LogP contribution in [0, 0.1) is 5.92 Å². The maximum absolute atomic E-state index is 5.97. The van der Waals surface area contributed by atoms with Crippen LogP contribution in [0.5, 0.6) is 0 Å². The van der Waals surface area contributed by atoms with Crippen LogP contribution in [0.2, 0.25) is 0 Å². The fourth-order valence-corrected chi connectivity index (χ4v) is 2.94. The molecular weight excluding hydrogens is 250 g/mol. The first-order valence-corrected chi connectivity index (χ1v) is 7.59. The third kappa shape index (κ3) is 3.48. The van der Waals surface area contributed by atoms with Gasteiger partial charge in [-0.15, -0.1) is 0 Å². The Morgan fingerprint density at radius 1 is 1.20 bits per heavy atom. The predicted octanol–water partition coefficient (Wildman–Crippen LogP) is 3.62. The Morgan fingerprint density at radius 3 is 2.40 bits per heavy atom. The lowest BCUT2D eigenvalue weighted by Crippen LogP contribution is -2.23. The molecule has 1 fully saturated rings. The second-order valence-electron chi connectivity index (χ2n) is 6.84. The van der Waals surface area contributed by atoms with Gasteiger partial charge in [-0.3, -0.25) is 0 Å². The topological polar surface area (TPSA) is 61.0 Å². The van der Waals surface area contributed by atoms with E-state index in [9.17, 15) is 0 Å². The number of aromatic nitrogens is 2. The van der Waals surface area contributed by atoms with Crippen molar-refractivity contribution in [2.75, 3.05) is 12.8 Å². The molecule has 1 aliphatic rings. The zero-order valence-electron chi connectivity index (χ0n) is 13.1. The number of nitrogen functional groups attached to an aromatic ring is 1. The molecule has 1 atom stereocenters. The molecule has 1 saturated carbocycles. The second-order valence-corrected chi connectivity index (χ2v) is 6.84. The molecule has 0 bridgehead atoms. The first kappa shape index (κ1) is 15.2. The zero-order valence-corrected chi connectivity index (χ0v) is 13.1. The smallest absolute Gasteiger partial charge is 0.160 e. The number of hydrogen-bond acceptors (Lipinski definition) is 4. The molecule has 4 nitrogen and oxygen atoms in total. The molecule has 1 heterocycles. The average Bonchev–Trinajstić information content (AvgIpc) is 2.39. The minimum absolute atomic E-state index is 0.0279. The molecule has 112 valence electrons. The largest absolute Gasteiger partial charge is 0.384 e. The van der Waals surface area contributed by atoms with Gasteiger partial charge in [0.15, 0.2) is 5.82 Å². The molecule has 0 radical (unpaired) electrons. The SMILES string of the molecule is COC(c1nc(N)cc(C(C)(C)C)n1)C1CCCCC1. The summed E-state index contributed by atoms with van der Waals surface area (Å²) in [7, 11) is 1.75. The van der Waals surface area contributed by atoms with Crippen molar-refractivity contribution in [2.45, 2.75) is 64.4 Å². The Morgan fingerprint density at radius 2 is 1.85 bits per heavy atom. The van der Waals surface area contributed by atoms with E-state index in [0.29, 0.717) is 11.7 Å². The maximum Gasteiger partial charge on any atom is 0.160 e. The summed E-state index contributed by atoms with van der Waals surface area (Å²) in [6.07, 6.45) is 6.25. The molecule has 0 saturated heterocycles. The van der Waals surface area contributed by atoms with Gasteiger partial charge in [-0.05, 0) is 18.8 Å². The second kappa shape index (κ2) is 6.08. The van der Waals surface area contributed by atoms with Crippen LogP contribution in [0.1, 0.15) is 70.5 Å². The van der Waals surface area contributed by atoms with Gasteiger partial charge in [-0.1, -0.05) is 40.0 Å². The number of anilines is 1. The van der Waals surface area contributed by atoms with Crippen molar-refractivity contribution in [3.8, 4) is 0 Å². The molecule has 2 rings (SSSR count). The fraction of sp³-hybridized carbons (Fsp3) is 0.750. The maximum atomic E-state index is 5.97. The van der Waals surface area contributed by atoms with Crippen molar-refractivity contribution in [2.24, 2.45) is 5.92 Å². The van der Waals surface area contributed by atoms with Crippen LogP contribution in [0.15, 0.2) is 6.07 Å². The van der Waals surface area contributed by atoms with Gasteiger partial charge in [-0.25, -0.2) is 9.97 Å². The number of ether oxygens (including phenoxy) is 1. The number of nitrogens with two attached hydrogens (primary N) is 1. The molecule has 2 N–H and O–H groups in total. The van der Waals surface area contributed by atoms with Crippen LogP contribution < -0.4 is 5.73 Å². The quantitative estimate of drug-likeness (QED) is 0.916. The molecule has 1 unspecified atom stereocenters. The Bertz CT molecular complexity index is 448. The van der Waals surface area contributed by atoms with Gasteiger partial charge in [0.1, 0.15) is 11.9 Å². The number of methoxy groups -OCH3 is 1. The van der Waals surface area contributed by atoms with E-state index in [1.807, 2.05) is 6.07 Å². The standard InChI is InChI=1S/C16H27N3O/c1-16(2,3)12-10-13(17)19-15(18-12)14(20-4)11-8-6-5-7-9-11/h10-11,14H,5-9H2,1-4H3,(H2,17,18,19). The van der Waals surface area contributed by atoms with E-state index in [1.54, 1.807) is 7.11 Å². The molecule has 1 aromatic rings. The van der Waals surface area contributed by atoms with E-state index in [-0.39, 0.29) is 11.5 Å². The van der Waals surface area contributed by atoms with Gasteiger partial charge in [0.25, 0.3) is 0 Å². The van der Waals surface area contributed by atoms with Crippen molar-refractivity contribution >= 4 is 5.82 Å². The number of hydrogen-bond donors (Lipinski definition) is 1. The lowest BCUT2D eigenvalue weighted by molar-refractivity contribution is 0.0287. The van der Waals surface area contributed by atoms with Crippen LogP contribution in [0.25, 0.3) is 0 Å². The minimum atomic E-state index is -0.0311. The lowest BCUT2D eigenvalue weighted by atomic mass is 9.84. The monoisotopic (exact) mass is 277 g/mol. The van der Waals surface area contributed by atoms with E-state index in [1.165, 1.54) is 32.1 Å². The average molecular weight is 277 g/mol. The van der Waals surface area contributed by atoms with Gasteiger partial charge in [0, 0.05) is 18.6 Å². The van der Waals surface area contributed by atoms with Crippen LogP contribution >= 0.6 is 0 Å². The molecule has 4 heteroatoms. The third-order valence-corrected chi connectivity index (χ3v) is 4.12. The number of nitrogens with zero attached hydrogens (tertiary/aromatic N) is 2. The summed E-state index contributed by atoms with van der Waals surface area (Å²) < 4.78 is 5.72. The molecule has 1 aromatic heterocycles. The van der Waals surface area contributed by atoms with Gasteiger partial charge < -0.3 is 10.5 Å². The highest BCUT2D eigenvalue weighted by atomic mass is 16.5. The Labute approximate surface area is 122 Å². The van der Waals surface area contributed by atoms with Crippen molar-refractivity contribution < 1.29 is 4.74 Å². The summed E-state index contributed by atoms with van der Waals surface area (Å²) in [6, 6.07) is 1.87. The highest BCUT2D eigenvalue weighted by Crippen LogP contribution is 2.36. The van der Waals surface area contributed by atoms with Crippen LogP contribution in [0.3, 0.4) is 0 Å². The fourth-order valence-electron chi connectivity index (χ4n) is 2.94. The van der Waals surface area contributed by atoms with Crippen molar-refractivity contribution in [3.63, 3.8) is 0 Å². The normalized spacial score (nSPS) is 19.0. The predicted molar refractivity (Wildman–Crippen MR) is 81.5 cm³/mol. The first-order chi connectivity index (χ1) is 9.41. The Kier molecular flexibility index (Phi) is 4.63. The lowest BCUT2D eigenvalue weighted by Gasteiger charge is -2.29. The highest BCUT2D eigenvalue weighted by molar-refractivity contribution is 5.33. The van der Waals surface area contributed by atoms with E-state index < -0.39 is 0 Å². The summed E-state index contributed by atoms with van der Waals surface area (Å²) in [5.74, 6) is 1.81. The number of rotatable bonds is 3. The summed E-state index contributed by atoms with van der Waals surface area (Å²) in [4.78, 5) is 9.17. The third-order valence-electron chi connectivity index (χ3n) is 4.12. The van der Waals surface area contributed by atoms with Crippen molar-refractivity contribution in [1.82, 2.24) is 9.97 Å².